The predicted octanol–water partition coefficient (Wildman–Crippen LogP) is 3.98. The monoisotopic (exact) mass is 325 g/mol. The van der Waals surface area contributed by atoms with Crippen LogP contribution in [0.3, 0.4) is 0 Å². The molecule has 1 N–H and O–H groups in total. The molecule has 24 heavy (non-hydrogen) atoms. The summed E-state index contributed by atoms with van der Waals surface area (Å²) >= 11 is 0. The van der Waals surface area contributed by atoms with Crippen LogP contribution in [0, 0.1) is 0 Å². The van der Waals surface area contributed by atoms with Crippen LogP contribution in [0.4, 0.5) is 5.69 Å². The Bertz CT molecular complexity index is 722. The first-order valence-corrected chi connectivity index (χ1v) is 9.38. The third-order valence-electron chi connectivity index (χ3n) is 5.15. The summed E-state index contributed by atoms with van der Waals surface area (Å²) in [6.07, 6.45) is 8.34. The van der Waals surface area contributed by atoms with Crippen LogP contribution in [0.1, 0.15) is 43.7 Å². The molecule has 1 saturated heterocycles. The molecule has 1 fully saturated rings. The molecule has 4 rings (SSSR count). The van der Waals surface area contributed by atoms with Crippen LogP contribution in [-0.4, -0.2) is 36.1 Å². The van der Waals surface area contributed by atoms with Gasteiger partial charge in [0.2, 0.25) is 0 Å². The number of pyridine rings is 1. The van der Waals surface area contributed by atoms with Gasteiger partial charge in [0.25, 0.3) is 0 Å². The Morgan fingerprint density at radius 2 is 2.04 bits per heavy atom. The largest absolute Gasteiger partial charge is 0.493 e. The third kappa shape index (κ3) is 3.07. The first-order chi connectivity index (χ1) is 11.8. The smallest absolute Gasteiger partial charge is 0.131 e. The second kappa shape index (κ2) is 6.98. The van der Waals surface area contributed by atoms with Crippen molar-refractivity contribution in [2.24, 2.45) is 0 Å². The first-order valence-electron chi connectivity index (χ1n) is 9.38. The summed E-state index contributed by atoms with van der Waals surface area (Å²) in [6, 6.07) is 4.49. The zero-order chi connectivity index (χ0) is 16.4. The van der Waals surface area contributed by atoms with E-state index in [1.807, 2.05) is 6.20 Å². The number of hydrogen-bond acceptors (Lipinski definition) is 4. The molecule has 3 heterocycles. The Kier molecular flexibility index (Phi) is 4.56. The topological polar surface area (TPSA) is 37.4 Å². The molecule has 0 saturated carbocycles. The SMILES string of the molecule is CCOc1cc(CN2CCCCC2)cc2ncc3c(c12)NCCC3. The molecule has 0 spiro atoms. The average molecular weight is 325 g/mol. The molecule has 4 heteroatoms. The van der Waals surface area contributed by atoms with Crippen molar-refractivity contribution in [1.82, 2.24) is 9.88 Å². The van der Waals surface area contributed by atoms with E-state index in [4.69, 9.17) is 9.72 Å². The fourth-order valence-corrected chi connectivity index (χ4v) is 4.00. The van der Waals surface area contributed by atoms with E-state index >= 15 is 0 Å². The summed E-state index contributed by atoms with van der Waals surface area (Å²) < 4.78 is 6.02. The molecule has 4 nitrogen and oxygen atoms in total. The Morgan fingerprint density at radius 3 is 2.88 bits per heavy atom. The van der Waals surface area contributed by atoms with Gasteiger partial charge in [-0.2, -0.15) is 0 Å². The quantitative estimate of drug-likeness (QED) is 0.923. The molecule has 0 unspecified atom stereocenters. The first kappa shape index (κ1) is 15.7. The van der Waals surface area contributed by atoms with Gasteiger partial charge in [0, 0.05) is 19.3 Å². The van der Waals surface area contributed by atoms with Crippen LogP contribution in [0.2, 0.25) is 0 Å². The van der Waals surface area contributed by atoms with E-state index in [1.54, 1.807) is 0 Å². The normalized spacial score (nSPS) is 18.2. The number of fused-ring (bicyclic) bond motifs is 3. The predicted molar refractivity (Wildman–Crippen MR) is 98.9 cm³/mol. The van der Waals surface area contributed by atoms with Crippen LogP contribution in [0.15, 0.2) is 18.3 Å². The number of anilines is 1. The molecule has 128 valence electrons. The van der Waals surface area contributed by atoms with Crippen molar-refractivity contribution < 1.29 is 4.74 Å². The molecule has 0 aliphatic carbocycles. The molecule has 2 aliphatic rings. The summed E-state index contributed by atoms with van der Waals surface area (Å²) in [5.74, 6) is 0.987. The highest BCUT2D eigenvalue weighted by molar-refractivity contribution is 5.98. The number of likely N-dealkylation sites (tertiary alicyclic amines) is 1. The fraction of sp³-hybridized carbons (Fsp3) is 0.550. The number of hydrogen-bond donors (Lipinski definition) is 1. The van der Waals surface area contributed by atoms with Crippen molar-refractivity contribution in [2.75, 3.05) is 31.6 Å². The van der Waals surface area contributed by atoms with Gasteiger partial charge in [-0.05, 0) is 69.0 Å². The second-order valence-electron chi connectivity index (χ2n) is 6.95. The molecule has 2 aliphatic heterocycles. The minimum absolute atomic E-state index is 0.686. The van der Waals surface area contributed by atoms with Crippen LogP contribution in [-0.2, 0) is 13.0 Å². The van der Waals surface area contributed by atoms with Crippen molar-refractivity contribution in [3.63, 3.8) is 0 Å². The highest BCUT2D eigenvalue weighted by Crippen LogP contribution is 2.37. The van der Waals surface area contributed by atoms with E-state index in [-0.39, 0.29) is 0 Å². The maximum Gasteiger partial charge on any atom is 0.131 e. The van der Waals surface area contributed by atoms with Crippen LogP contribution in [0.25, 0.3) is 10.9 Å². The van der Waals surface area contributed by atoms with Crippen molar-refractivity contribution in [1.29, 1.82) is 0 Å². The van der Waals surface area contributed by atoms with Gasteiger partial charge in [-0.3, -0.25) is 9.88 Å². The van der Waals surface area contributed by atoms with E-state index < -0.39 is 0 Å². The number of aryl methyl sites for hydroxylation is 1. The Morgan fingerprint density at radius 1 is 1.17 bits per heavy atom. The number of piperidine rings is 1. The maximum absolute atomic E-state index is 6.02. The minimum atomic E-state index is 0.686. The lowest BCUT2D eigenvalue weighted by Crippen LogP contribution is -2.29. The standard InChI is InChI=1S/C20H27N3O/c1-2-24-18-12-15(14-23-9-4-3-5-10-23)11-17-19(18)20-16(13-22-17)7-6-8-21-20/h11-13,21H,2-10,14H2,1H3. The third-order valence-corrected chi connectivity index (χ3v) is 5.15. The number of ether oxygens (including phenoxy) is 1. The summed E-state index contributed by atoms with van der Waals surface area (Å²) in [4.78, 5) is 7.31. The van der Waals surface area contributed by atoms with Gasteiger partial charge in [-0.1, -0.05) is 6.42 Å². The van der Waals surface area contributed by atoms with Crippen molar-refractivity contribution in [3.05, 3.63) is 29.5 Å². The summed E-state index contributed by atoms with van der Waals surface area (Å²) in [5.41, 5.74) is 4.93. The molecular formula is C20H27N3O. The van der Waals surface area contributed by atoms with E-state index in [1.165, 1.54) is 55.6 Å². The van der Waals surface area contributed by atoms with Gasteiger partial charge in [0.05, 0.1) is 23.2 Å². The lowest BCUT2D eigenvalue weighted by Gasteiger charge is -2.27. The number of nitrogens with one attached hydrogen (secondary N) is 1. The molecule has 0 atom stereocenters. The number of benzene rings is 1. The summed E-state index contributed by atoms with van der Waals surface area (Å²) in [5, 5.41) is 4.74. The van der Waals surface area contributed by atoms with Gasteiger partial charge in [-0.25, -0.2) is 0 Å². The van der Waals surface area contributed by atoms with E-state index in [9.17, 15) is 0 Å². The average Bonchev–Trinajstić information content (AvgIpc) is 2.62. The van der Waals surface area contributed by atoms with Gasteiger partial charge in [0.1, 0.15) is 5.75 Å². The molecule has 0 radical (unpaired) electrons. The van der Waals surface area contributed by atoms with E-state index in [0.717, 1.165) is 36.2 Å². The van der Waals surface area contributed by atoms with Gasteiger partial charge >= 0.3 is 0 Å². The summed E-state index contributed by atoms with van der Waals surface area (Å²) in [7, 11) is 0. The molecule has 2 aromatic rings. The lowest BCUT2D eigenvalue weighted by molar-refractivity contribution is 0.220. The molecular weight excluding hydrogens is 298 g/mol. The molecule has 0 amide bonds. The number of rotatable bonds is 4. The van der Waals surface area contributed by atoms with Gasteiger partial charge < -0.3 is 10.1 Å². The zero-order valence-electron chi connectivity index (χ0n) is 14.6. The molecule has 0 bridgehead atoms. The number of aromatic nitrogens is 1. The molecule has 1 aromatic heterocycles. The van der Waals surface area contributed by atoms with Gasteiger partial charge in [-0.15, -0.1) is 0 Å². The van der Waals surface area contributed by atoms with Crippen LogP contribution in [0.5, 0.6) is 5.75 Å². The Hall–Kier alpha value is -1.81. The Labute approximate surface area is 144 Å². The summed E-state index contributed by atoms with van der Waals surface area (Å²) in [6.45, 7) is 7.20. The van der Waals surface area contributed by atoms with Crippen LogP contribution < -0.4 is 10.1 Å². The van der Waals surface area contributed by atoms with E-state index in [2.05, 4.69) is 29.3 Å². The van der Waals surface area contributed by atoms with Crippen LogP contribution >= 0.6 is 0 Å². The zero-order valence-corrected chi connectivity index (χ0v) is 14.6. The van der Waals surface area contributed by atoms with Crippen molar-refractivity contribution in [3.8, 4) is 5.75 Å². The molecule has 1 aromatic carbocycles. The highest BCUT2D eigenvalue weighted by atomic mass is 16.5. The minimum Gasteiger partial charge on any atom is -0.493 e. The Balaban J connectivity index is 1.74. The van der Waals surface area contributed by atoms with E-state index in [0.29, 0.717) is 6.61 Å². The fourth-order valence-electron chi connectivity index (χ4n) is 4.00. The van der Waals surface area contributed by atoms with Crippen molar-refractivity contribution in [2.45, 2.75) is 45.6 Å². The van der Waals surface area contributed by atoms with Crippen molar-refractivity contribution >= 4 is 16.6 Å². The number of nitrogens with zero attached hydrogens (tertiary/aromatic N) is 2. The second-order valence-corrected chi connectivity index (χ2v) is 6.95. The maximum atomic E-state index is 6.02. The van der Waals surface area contributed by atoms with Gasteiger partial charge in [0.15, 0.2) is 0 Å². The highest BCUT2D eigenvalue weighted by Gasteiger charge is 2.18. The lowest BCUT2D eigenvalue weighted by atomic mass is 9.99.